The summed E-state index contributed by atoms with van der Waals surface area (Å²) in [4.78, 5) is 27.1. The Balaban J connectivity index is 1.59. The maximum atomic E-state index is 12.7. The third-order valence-corrected chi connectivity index (χ3v) is 5.32. The number of likely N-dealkylation sites (tertiary alicyclic amines) is 1. The van der Waals surface area contributed by atoms with Crippen molar-refractivity contribution in [2.24, 2.45) is 0 Å². The molecule has 2 aromatic carbocycles. The summed E-state index contributed by atoms with van der Waals surface area (Å²) in [6, 6.07) is 15.7. The molecule has 0 radical (unpaired) electrons. The normalized spacial score (nSPS) is 16.4. The standard InChI is InChI=1S/C23H27NO3/c1-3-17-6-8-19(9-7-17)22(25)14-15-23(26)24-16-4-5-21(24)18-10-12-20(27-2)13-11-18/h6-13,21H,3-5,14-16H2,1-2H3/t21-/m1/s1. The van der Waals surface area contributed by atoms with E-state index < -0.39 is 0 Å². The van der Waals surface area contributed by atoms with Gasteiger partial charge in [0.05, 0.1) is 13.2 Å². The number of ether oxygens (including phenoxy) is 1. The van der Waals surface area contributed by atoms with E-state index in [9.17, 15) is 9.59 Å². The van der Waals surface area contributed by atoms with Gasteiger partial charge in [-0.05, 0) is 42.5 Å². The number of nitrogens with zero attached hydrogens (tertiary/aromatic N) is 1. The summed E-state index contributed by atoms with van der Waals surface area (Å²) in [5.74, 6) is 0.910. The highest BCUT2D eigenvalue weighted by Crippen LogP contribution is 2.33. The molecule has 0 spiro atoms. The van der Waals surface area contributed by atoms with Gasteiger partial charge in [-0.25, -0.2) is 0 Å². The first-order valence-corrected chi connectivity index (χ1v) is 9.68. The second-order valence-electron chi connectivity index (χ2n) is 6.99. The molecule has 0 N–H and O–H groups in total. The fraction of sp³-hybridized carbons (Fsp3) is 0.391. The second-order valence-corrected chi connectivity index (χ2v) is 6.99. The summed E-state index contributed by atoms with van der Waals surface area (Å²) >= 11 is 0. The molecular weight excluding hydrogens is 338 g/mol. The van der Waals surface area contributed by atoms with E-state index in [4.69, 9.17) is 4.74 Å². The Hall–Kier alpha value is -2.62. The van der Waals surface area contributed by atoms with E-state index in [0.717, 1.165) is 37.1 Å². The van der Waals surface area contributed by atoms with Gasteiger partial charge in [0, 0.05) is 24.9 Å². The molecule has 1 fully saturated rings. The second kappa shape index (κ2) is 8.85. The van der Waals surface area contributed by atoms with E-state index in [1.807, 2.05) is 53.4 Å². The fourth-order valence-electron chi connectivity index (χ4n) is 3.67. The SMILES string of the molecule is CCc1ccc(C(=O)CCC(=O)N2CCC[C@@H]2c2ccc(OC)cc2)cc1. The van der Waals surface area contributed by atoms with Gasteiger partial charge in [-0.1, -0.05) is 43.3 Å². The van der Waals surface area contributed by atoms with E-state index in [1.165, 1.54) is 5.56 Å². The van der Waals surface area contributed by atoms with Gasteiger partial charge in [-0.15, -0.1) is 0 Å². The Morgan fingerprint density at radius 3 is 2.37 bits per heavy atom. The number of carbonyl (C=O) groups excluding carboxylic acids is 2. The minimum atomic E-state index is 0.0335. The van der Waals surface area contributed by atoms with Crippen molar-refractivity contribution in [3.63, 3.8) is 0 Å². The number of Topliss-reactive ketones (excluding diaryl/α,β-unsaturated/α-hetero) is 1. The van der Waals surface area contributed by atoms with Gasteiger partial charge in [0.25, 0.3) is 0 Å². The lowest BCUT2D eigenvalue weighted by molar-refractivity contribution is -0.132. The van der Waals surface area contributed by atoms with E-state index in [1.54, 1.807) is 7.11 Å². The van der Waals surface area contributed by atoms with Gasteiger partial charge in [0.2, 0.25) is 5.91 Å². The zero-order chi connectivity index (χ0) is 19.2. The third-order valence-electron chi connectivity index (χ3n) is 5.32. The predicted molar refractivity (Wildman–Crippen MR) is 106 cm³/mol. The van der Waals surface area contributed by atoms with Crippen LogP contribution in [0.5, 0.6) is 5.75 Å². The third kappa shape index (κ3) is 4.57. The molecule has 0 unspecified atom stereocenters. The predicted octanol–water partition coefficient (Wildman–Crippen LogP) is 4.58. The molecule has 1 aliphatic heterocycles. The maximum absolute atomic E-state index is 12.7. The van der Waals surface area contributed by atoms with Crippen molar-refractivity contribution in [1.82, 2.24) is 4.90 Å². The van der Waals surface area contributed by atoms with Crippen LogP contribution in [0.15, 0.2) is 48.5 Å². The number of ketones is 1. The molecular formula is C23H27NO3. The smallest absolute Gasteiger partial charge is 0.223 e. The molecule has 4 nitrogen and oxygen atoms in total. The minimum Gasteiger partial charge on any atom is -0.497 e. The number of hydrogen-bond acceptors (Lipinski definition) is 3. The lowest BCUT2D eigenvalue weighted by Gasteiger charge is -2.25. The van der Waals surface area contributed by atoms with E-state index in [2.05, 4.69) is 6.92 Å². The summed E-state index contributed by atoms with van der Waals surface area (Å²) in [5.41, 5.74) is 3.03. The zero-order valence-electron chi connectivity index (χ0n) is 16.1. The molecule has 1 atom stereocenters. The van der Waals surface area contributed by atoms with Crippen molar-refractivity contribution in [3.8, 4) is 5.75 Å². The summed E-state index contributed by atoms with van der Waals surface area (Å²) in [6.07, 6.45) is 3.44. The molecule has 3 rings (SSSR count). The lowest BCUT2D eigenvalue weighted by Crippen LogP contribution is -2.30. The summed E-state index contributed by atoms with van der Waals surface area (Å²) < 4.78 is 5.21. The van der Waals surface area contributed by atoms with Crippen LogP contribution in [0.3, 0.4) is 0 Å². The Labute approximate surface area is 161 Å². The van der Waals surface area contributed by atoms with Gasteiger partial charge in [-0.3, -0.25) is 9.59 Å². The van der Waals surface area contributed by atoms with Crippen molar-refractivity contribution in [2.75, 3.05) is 13.7 Å². The largest absolute Gasteiger partial charge is 0.497 e. The summed E-state index contributed by atoms with van der Waals surface area (Å²) in [7, 11) is 1.65. The number of methoxy groups -OCH3 is 1. The van der Waals surface area contributed by atoms with Crippen LogP contribution in [0.2, 0.25) is 0 Å². The average Bonchev–Trinajstić information content (AvgIpc) is 3.22. The van der Waals surface area contributed by atoms with Crippen LogP contribution in [0.4, 0.5) is 0 Å². The highest BCUT2D eigenvalue weighted by Gasteiger charge is 2.29. The summed E-state index contributed by atoms with van der Waals surface area (Å²) in [5, 5.41) is 0. The van der Waals surface area contributed by atoms with Crippen LogP contribution in [0.25, 0.3) is 0 Å². The molecule has 0 aromatic heterocycles. The minimum absolute atomic E-state index is 0.0335. The lowest BCUT2D eigenvalue weighted by atomic mass is 10.0. The van der Waals surface area contributed by atoms with Gasteiger partial charge >= 0.3 is 0 Å². The molecule has 2 aromatic rings. The number of hydrogen-bond donors (Lipinski definition) is 0. The van der Waals surface area contributed by atoms with Gasteiger partial charge in [-0.2, -0.15) is 0 Å². The van der Waals surface area contributed by atoms with Crippen LogP contribution >= 0.6 is 0 Å². The zero-order valence-corrected chi connectivity index (χ0v) is 16.1. The van der Waals surface area contributed by atoms with Crippen LogP contribution in [-0.2, 0) is 11.2 Å². The maximum Gasteiger partial charge on any atom is 0.223 e. The number of rotatable bonds is 7. The van der Waals surface area contributed by atoms with Crippen LogP contribution in [0, 0.1) is 0 Å². The average molecular weight is 365 g/mol. The van der Waals surface area contributed by atoms with E-state index in [-0.39, 0.29) is 30.6 Å². The molecule has 142 valence electrons. The Morgan fingerprint density at radius 2 is 1.74 bits per heavy atom. The molecule has 0 bridgehead atoms. The Bertz CT molecular complexity index is 780. The van der Waals surface area contributed by atoms with Crippen molar-refractivity contribution >= 4 is 11.7 Å². The first-order chi connectivity index (χ1) is 13.1. The number of amides is 1. The first kappa shape index (κ1) is 19.2. The topological polar surface area (TPSA) is 46.6 Å². The van der Waals surface area contributed by atoms with Gasteiger partial charge in [0.15, 0.2) is 5.78 Å². The van der Waals surface area contributed by atoms with Crippen LogP contribution < -0.4 is 4.74 Å². The number of benzene rings is 2. The number of aryl methyl sites for hydroxylation is 1. The Morgan fingerprint density at radius 1 is 1.04 bits per heavy atom. The molecule has 1 heterocycles. The molecule has 0 saturated carbocycles. The van der Waals surface area contributed by atoms with Crippen molar-refractivity contribution in [1.29, 1.82) is 0 Å². The van der Waals surface area contributed by atoms with E-state index >= 15 is 0 Å². The molecule has 1 saturated heterocycles. The molecule has 27 heavy (non-hydrogen) atoms. The first-order valence-electron chi connectivity index (χ1n) is 9.68. The van der Waals surface area contributed by atoms with Gasteiger partial charge < -0.3 is 9.64 Å². The van der Waals surface area contributed by atoms with Crippen molar-refractivity contribution in [2.45, 2.75) is 45.1 Å². The van der Waals surface area contributed by atoms with Crippen LogP contribution in [0.1, 0.15) is 60.1 Å². The molecule has 1 amide bonds. The van der Waals surface area contributed by atoms with E-state index in [0.29, 0.717) is 5.56 Å². The highest BCUT2D eigenvalue weighted by molar-refractivity contribution is 5.98. The fourth-order valence-corrected chi connectivity index (χ4v) is 3.67. The summed E-state index contributed by atoms with van der Waals surface area (Å²) in [6.45, 7) is 2.85. The molecule has 4 heteroatoms. The van der Waals surface area contributed by atoms with Gasteiger partial charge in [0.1, 0.15) is 5.75 Å². The molecule has 0 aliphatic carbocycles. The quantitative estimate of drug-likeness (QED) is 0.675. The molecule has 1 aliphatic rings. The van der Waals surface area contributed by atoms with Crippen LogP contribution in [-0.4, -0.2) is 30.2 Å². The monoisotopic (exact) mass is 365 g/mol. The number of carbonyl (C=O) groups is 2. The highest BCUT2D eigenvalue weighted by atomic mass is 16.5. The van der Waals surface area contributed by atoms with Crippen molar-refractivity contribution < 1.29 is 14.3 Å². The van der Waals surface area contributed by atoms with Crippen molar-refractivity contribution in [3.05, 3.63) is 65.2 Å². The Kier molecular flexibility index (Phi) is 6.28.